The van der Waals surface area contributed by atoms with Crippen molar-refractivity contribution in [2.45, 2.75) is 259 Å². The van der Waals surface area contributed by atoms with Gasteiger partial charge in [-0.05, 0) is 46.5 Å². The lowest BCUT2D eigenvalue weighted by Crippen LogP contribution is -2.36. The second-order valence-corrected chi connectivity index (χ2v) is 20.4. The minimum atomic E-state index is -1.10. The molecular weight excluding hydrogens is 899 g/mol. The number of amides is 1. The molecule has 0 aromatic heterocycles. The molecule has 1 saturated heterocycles. The molecule has 0 aromatic rings. The van der Waals surface area contributed by atoms with E-state index in [1.807, 2.05) is 0 Å². The molecule has 0 unspecified atom stereocenters. The summed E-state index contributed by atoms with van der Waals surface area (Å²) in [6.45, 7) is 12.8. The van der Waals surface area contributed by atoms with Crippen molar-refractivity contribution in [1.29, 1.82) is 0 Å². The Labute approximate surface area is 422 Å². The molecule has 0 radical (unpaired) electrons. The Hall–Kier alpha value is -3.91. The molecule has 15 nitrogen and oxygen atoms in total. The smallest absolute Gasteiger partial charge is 0.410 e. The number of nitrogens with zero attached hydrogens (tertiary/aromatic N) is 1. The number of ether oxygens (including phenoxy) is 7. The van der Waals surface area contributed by atoms with Crippen LogP contribution >= 0.6 is 0 Å². The first kappa shape index (κ1) is 64.1. The summed E-state index contributed by atoms with van der Waals surface area (Å²) < 4.78 is 39.8. The number of hydrogen-bond acceptors (Lipinski definition) is 14. The van der Waals surface area contributed by atoms with E-state index in [-0.39, 0.29) is 78.0 Å². The fourth-order valence-corrected chi connectivity index (χ4v) is 8.01. The average Bonchev–Trinajstić information content (AvgIpc) is 3.70. The topological polar surface area (TPSA) is 187 Å². The van der Waals surface area contributed by atoms with Crippen LogP contribution in [-0.4, -0.2) is 104 Å². The van der Waals surface area contributed by atoms with Crippen LogP contribution in [0.3, 0.4) is 0 Å². The summed E-state index contributed by atoms with van der Waals surface area (Å²) in [5.74, 6) is -4.49. The number of carbonyl (C=O) groups is 7. The Morgan fingerprint density at radius 3 is 0.914 bits per heavy atom. The molecule has 406 valence electrons. The van der Waals surface area contributed by atoms with Crippen molar-refractivity contribution in [3.8, 4) is 0 Å². The van der Waals surface area contributed by atoms with E-state index >= 15 is 0 Å². The predicted molar refractivity (Wildman–Crippen MR) is 270 cm³/mol. The molecule has 0 saturated carbocycles. The Kier molecular flexibility index (Phi) is 37.2. The second kappa shape index (κ2) is 40.7. The van der Waals surface area contributed by atoms with E-state index in [9.17, 15) is 33.6 Å². The van der Waals surface area contributed by atoms with Crippen molar-refractivity contribution < 1.29 is 66.7 Å². The molecule has 70 heavy (non-hydrogen) atoms. The van der Waals surface area contributed by atoms with Crippen molar-refractivity contribution >= 4 is 41.9 Å². The largest absolute Gasteiger partial charge is 0.465 e. The molecule has 0 aromatic carbocycles. The fourth-order valence-electron chi connectivity index (χ4n) is 8.01. The number of unbranched alkanes of at least 4 members (excludes halogenated alkanes) is 20. The first-order valence-corrected chi connectivity index (χ1v) is 27.6. The first-order chi connectivity index (χ1) is 33.6. The molecular formula is C55H97NO14. The van der Waals surface area contributed by atoms with Gasteiger partial charge in [-0.25, -0.2) is 4.79 Å². The van der Waals surface area contributed by atoms with Gasteiger partial charge in [-0.3, -0.25) is 28.8 Å². The SMILES string of the molecule is CCCCCCCCC(=O)OCC(COC(=O)CCCCCCCC)CC(=O)O[C@H]1CN(C(=O)OC(C)(C)C)C[C@H]1OC(=O)CC(COC(=O)CCCCCCCC)COC(=O)CCCCCCCC. The first-order valence-electron chi connectivity index (χ1n) is 27.6. The number of likely N-dealkylation sites (tertiary alicyclic amines) is 1. The van der Waals surface area contributed by atoms with E-state index < -0.39 is 71.6 Å². The molecule has 15 heteroatoms. The van der Waals surface area contributed by atoms with Crippen LogP contribution in [0.1, 0.15) is 241 Å². The normalized spacial score (nSPS) is 14.7. The molecule has 1 aliphatic rings. The van der Waals surface area contributed by atoms with Gasteiger partial charge < -0.3 is 38.1 Å². The van der Waals surface area contributed by atoms with Crippen molar-refractivity contribution in [3.63, 3.8) is 0 Å². The lowest BCUT2D eigenvalue weighted by molar-refractivity contribution is -0.167. The fraction of sp³-hybridized carbons (Fsp3) is 0.873. The Morgan fingerprint density at radius 2 is 0.657 bits per heavy atom. The molecule has 0 spiro atoms. The van der Waals surface area contributed by atoms with Gasteiger partial charge in [0, 0.05) is 37.5 Å². The minimum absolute atomic E-state index is 0.140. The molecule has 1 heterocycles. The van der Waals surface area contributed by atoms with Gasteiger partial charge in [0.2, 0.25) is 0 Å². The zero-order valence-electron chi connectivity index (χ0n) is 44.9. The lowest BCUT2D eigenvalue weighted by atomic mass is 10.1. The summed E-state index contributed by atoms with van der Waals surface area (Å²) in [5, 5.41) is 0. The third-order valence-corrected chi connectivity index (χ3v) is 12.2. The molecule has 0 bridgehead atoms. The molecule has 1 rings (SSSR count). The molecule has 1 aliphatic heterocycles. The predicted octanol–water partition coefficient (Wildman–Crippen LogP) is 12.2. The molecule has 2 atom stereocenters. The quantitative estimate of drug-likeness (QED) is 0.0319. The van der Waals surface area contributed by atoms with Gasteiger partial charge in [0.1, 0.15) is 5.60 Å². The average molecular weight is 996 g/mol. The summed E-state index contributed by atoms with van der Waals surface area (Å²) in [6, 6.07) is 0. The Bertz CT molecular complexity index is 1290. The van der Waals surface area contributed by atoms with Gasteiger partial charge in [0.05, 0.1) is 52.4 Å². The van der Waals surface area contributed by atoms with Crippen molar-refractivity contribution in [2.75, 3.05) is 39.5 Å². The summed E-state index contributed by atoms with van der Waals surface area (Å²) in [5.41, 5.74) is -0.837. The number of hydrogen-bond donors (Lipinski definition) is 0. The van der Waals surface area contributed by atoms with Gasteiger partial charge in [0.15, 0.2) is 12.2 Å². The van der Waals surface area contributed by atoms with Crippen LogP contribution in [0, 0.1) is 11.8 Å². The van der Waals surface area contributed by atoms with Gasteiger partial charge >= 0.3 is 41.9 Å². The molecule has 1 fully saturated rings. The van der Waals surface area contributed by atoms with E-state index in [2.05, 4.69) is 27.7 Å². The van der Waals surface area contributed by atoms with Crippen molar-refractivity contribution in [3.05, 3.63) is 0 Å². The van der Waals surface area contributed by atoms with Crippen molar-refractivity contribution in [2.24, 2.45) is 11.8 Å². The van der Waals surface area contributed by atoms with Gasteiger partial charge in [-0.15, -0.1) is 0 Å². The molecule has 1 amide bonds. The standard InChI is InChI=1S/C55H97NO14/c1-8-12-16-20-24-28-32-48(57)64-40-44(41-65-49(58)33-29-25-21-17-13-9-2)36-52(61)68-46-38-56(54(63)70-55(5,6)7)39-47(46)69-53(62)37-45(42-66-50(59)34-30-26-22-18-14-10-3)43-67-51(60)35-31-27-23-19-15-11-4/h44-47H,8-43H2,1-7H3/t46-,47+. The van der Waals surface area contributed by atoms with Crippen LogP contribution in [-0.2, 0) is 61.9 Å². The van der Waals surface area contributed by atoms with Crippen molar-refractivity contribution in [1.82, 2.24) is 4.90 Å². The highest BCUT2D eigenvalue weighted by molar-refractivity contribution is 5.74. The number of rotatable bonds is 42. The van der Waals surface area contributed by atoms with Crippen LogP contribution in [0.5, 0.6) is 0 Å². The number of esters is 6. The van der Waals surface area contributed by atoms with Gasteiger partial charge in [0.25, 0.3) is 0 Å². The Morgan fingerprint density at radius 1 is 0.400 bits per heavy atom. The van der Waals surface area contributed by atoms with Crippen LogP contribution in [0.25, 0.3) is 0 Å². The third-order valence-electron chi connectivity index (χ3n) is 12.2. The molecule has 0 N–H and O–H groups in total. The maximum atomic E-state index is 13.7. The zero-order valence-corrected chi connectivity index (χ0v) is 44.9. The van der Waals surface area contributed by atoms with Gasteiger partial charge in [-0.1, -0.05) is 156 Å². The van der Waals surface area contributed by atoms with Crippen LogP contribution in [0.4, 0.5) is 4.79 Å². The van der Waals surface area contributed by atoms with E-state index in [0.29, 0.717) is 25.7 Å². The van der Waals surface area contributed by atoms with Gasteiger partial charge in [-0.2, -0.15) is 0 Å². The maximum absolute atomic E-state index is 13.7. The summed E-state index contributed by atoms with van der Waals surface area (Å²) >= 11 is 0. The van der Waals surface area contributed by atoms with E-state index in [4.69, 9.17) is 33.2 Å². The summed E-state index contributed by atoms with van der Waals surface area (Å²) in [6.07, 6.45) is 21.6. The number of carbonyl (C=O) groups excluding carboxylic acids is 7. The highest BCUT2D eigenvalue weighted by Gasteiger charge is 2.42. The monoisotopic (exact) mass is 996 g/mol. The Balaban J connectivity index is 3.12. The minimum Gasteiger partial charge on any atom is -0.465 e. The summed E-state index contributed by atoms with van der Waals surface area (Å²) in [4.78, 5) is 92.9. The maximum Gasteiger partial charge on any atom is 0.410 e. The van der Waals surface area contributed by atoms with E-state index in [0.717, 1.165) is 128 Å². The molecule has 0 aliphatic carbocycles. The second-order valence-electron chi connectivity index (χ2n) is 20.4. The highest BCUT2D eigenvalue weighted by Crippen LogP contribution is 2.24. The van der Waals surface area contributed by atoms with Crippen LogP contribution < -0.4 is 0 Å². The third kappa shape index (κ3) is 35.2. The van der Waals surface area contributed by atoms with E-state index in [1.54, 1.807) is 20.8 Å². The summed E-state index contributed by atoms with van der Waals surface area (Å²) in [7, 11) is 0. The van der Waals surface area contributed by atoms with E-state index in [1.165, 1.54) is 4.90 Å². The van der Waals surface area contributed by atoms with Crippen LogP contribution in [0.15, 0.2) is 0 Å². The highest BCUT2D eigenvalue weighted by atomic mass is 16.6. The lowest BCUT2D eigenvalue weighted by Gasteiger charge is -2.24. The van der Waals surface area contributed by atoms with Crippen LogP contribution in [0.2, 0.25) is 0 Å². The zero-order chi connectivity index (χ0) is 51.8.